The molecule has 0 fully saturated rings. The normalized spacial score (nSPS) is 10.2. The number of Topliss-reactive ketones (excluding diaryl/α,β-unsaturated/α-hetero) is 1. The van der Waals surface area contributed by atoms with Crippen LogP contribution < -0.4 is 4.74 Å². The van der Waals surface area contributed by atoms with Gasteiger partial charge in [0.05, 0.1) is 12.3 Å². The van der Waals surface area contributed by atoms with Crippen molar-refractivity contribution in [2.75, 3.05) is 6.61 Å². The number of nitrogens with zero attached hydrogens (tertiary/aromatic N) is 1. The van der Waals surface area contributed by atoms with Gasteiger partial charge in [-0.1, -0.05) is 0 Å². The molecule has 0 aliphatic carbocycles. The molecule has 0 N–H and O–H groups in total. The van der Waals surface area contributed by atoms with Crippen molar-refractivity contribution in [2.24, 2.45) is 4.99 Å². The third kappa shape index (κ3) is 5.16. The van der Waals surface area contributed by atoms with Crippen molar-refractivity contribution < 1.29 is 9.53 Å². The van der Waals surface area contributed by atoms with E-state index in [2.05, 4.69) is 4.99 Å². The number of benzene rings is 2. The second kappa shape index (κ2) is 8.37. The highest BCUT2D eigenvalue weighted by Crippen LogP contribution is 2.15. The van der Waals surface area contributed by atoms with Crippen molar-refractivity contribution in [3.05, 3.63) is 59.7 Å². The number of hydrogen-bond acceptors (Lipinski definition) is 3. The number of hydrogen-bond donors (Lipinski definition) is 0. The van der Waals surface area contributed by atoms with Gasteiger partial charge in [0.2, 0.25) is 0 Å². The number of ketones is 1. The molecule has 0 aromatic heterocycles. The quantitative estimate of drug-likeness (QED) is 0.584. The Hall–Kier alpha value is -1.94. The maximum absolute atomic E-state index is 11.2. The average molecular weight is 348 g/mol. The van der Waals surface area contributed by atoms with Gasteiger partial charge in [0.25, 0.3) is 0 Å². The predicted octanol–water partition coefficient (Wildman–Crippen LogP) is 4.62. The lowest BCUT2D eigenvalue weighted by Crippen LogP contribution is -1.91. The monoisotopic (exact) mass is 347 g/mol. The van der Waals surface area contributed by atoms with Crippen molar-refractivity contribution in [3.63, 3.8) is 0 Å². The summed E-state index contributed by atoms with van der Waals surface area (Å²) in [6, 6.07) is 15.0. The van der Waals surface area contributed by atoms with Crippen molar-refractivity contribution in [2.45, 2.75) is 13.8 Å². The van der Waals surface area contributed by atoms with Crippen LogP contribution >= 0.6 is 17.0 Å². The van der Waals surface area contributed by atoms with Crippen LogP contribution in [0.1, 0.15) is 29.8 Å². The molecule has 4 heteroatoms. The van der Waals surface area contributed by atoms with Gasteiger partial charge in [0, 0.05) is 11.8 Å². The van der Waals surface area contributed by atoms with Gasteiger partial charge in [-0.05, 0) is 67.9 Å². The molecule has 0 amide bonds. The third-order valence-electron chi connectivity index (χ3n) is 2.83. The van der Waals surface area contributed by atoms with E-state index in [0.29, 0.717) is 12.2 Å². The van der Waals surface area contributed by atoms with Crippen molar-refractivity contribution in [1.29, 1.82) is 0 Å². The minimum atomic E-state index is 0. The summed E-state index contributed by atoms with van der Waals surface area (Å²) in [7, 11) is 0. The summed E-state index contributed by atoms with van der Waals surface area (Å²) in [5.41, 5.74) is 2.53. The summed E-state index contributed by atoms with van der Waals surface area (Å²) >= 11 is 0. The second-order valence-corrected chi connectivity index (χ2v) is 4.36. The Bertz CT molecular complexity index is 604. The third-order valence-corrected chi connectivity index (χ3v) is 2.83. The summed E-state index contributed by atoms with van der Waals surface area (Å²) in [5.74, 6) is 0.919. The van der Waals surface area contributed by atoms with Gasteiger partial charge in [-0.2, -0.15) is 0 Å². The van der Waals surface area contributed by atoms with Crippen LogP contribution in [0.15, 0.2) is 53.5 Å². The van der Waals surface area contributed by atoms with Gasteiger partial charge < -0.3 is 4.74 Å². The molecule has 2 rings (SSSR count). The van der Waals surface area contributed by atoms with Crippen LogP contribution in [0.4, 0.5) is 5.69 Å². The fraction of sp³-hybridized carbons (Fsp3) is 0.176. The Labute approximate surface area is 135 Å². The van der Waals surface area contributed by atoms with E-state index >= 15 is 0 Å². The molecule has 2 aromatic carbocycles. The standard InChI is InChI=1S/C17H17NO2.BrH/c1-3-20-17-10-4-14(5-11-17)12-18-16-8-6-15(7-9-16)13(2)19;/h4-12H,3H2,1-2H3;1H. The van der Waals surface area contributed by atoms with Crippen LogP contribution in [-0.2, 0) is 0 Å². The van der Waals surface area contributed by atoms with Gasteiger partial charge >= 0.3 is 0 Å². The molecule has 2 aromatic rings. The summed E-state index contributed by atoms with van der Waals surface area (Å²) in [6.07, 6.45) is 1.79. The molecule has 0 bridgehead atoms. The van der Waals surface area contributed by atoms with E-state index in [1.54, 1.807) is 25.3 Å². The van der Waals surface area contributed by atoms with E-state index in [0.717, 1.165) is 17.0 Å². The van der Waals surface area contributed by atoms with Gasteiger partial charge in [-0.25, -0.2) is 0 Å². The molecule has 0 unspecified atom stereocenters. The molecular formula is C17H18BrNO2. The number of carbonyl (C=O) groups excluding carboxylic acids is 1. The summed E-state index contributed by atoms with van der Waals surface area (Å²) in [6.45, 7) is 4.17. The van der Waals surface area contributed by atoms with Gasteiger partial charge in [-0.3, -0.25) is 9.79 Å². The van der Waals surface area contributed by atoms with Crippen LogP contribution in [0.25, 0.3) is 0 Å². The van der Waals surface area contributed by atoms with E-state index < -0.39 is 0 Å². The molecule has 0 heterocycles. The first-order valence-corrected chi connectivity index (χ1v) is 6.57. The molecular weight excluding hydrogens is 330 g/mol. The first-order chi connectivity index (χ1) is 9.69. The number of rotatable bonds is 5. The number of ether oxygens (including phenoxy) is 1. The lowest BCUT2D eigenvalue weighted by molar-refractivity contribution is 0.101. The highest BCUT2D eigenvalue weighted by molar-refractivity contribution is 8.93. The Kier molecular flexibility index (Phi) is 6.82. The lowest BCUT2D eigenvalue weighted by Gasteiger charge is -2.02. The molecule has 0 atom stereocenters. The molecule has 21 heavy (non-hydrogen) atoms. The first kappa shape index (κ1) is 17.1. The van der Waals surface area contributed by atoms with E-state index in [1.807, 2.05) is 43.3 Å². The highest BCUT2D eigenvalue weighted by Gasteiger charge is 1.97. The summed E-state index contributed by atoms with van der Waals surface area (Å²) < 4.78 is 5.38. The minimum Gasteiger partial charge on any atom is -0.494 e. The Morgan fingerprint density at radius 2 is 1.71 bits per heavy atom. The molecule has 0 spiro atoms. The Balaban J connectivity index is 0.00000220. The second-order valence-electron chi connectivity index (χ2n) is 4.36. The molecule has 0 saturated heterocycles. The molecule has 0 aliphatic rings. The Morgan fingerprint density at radius 1 is 1.10 bits per heavy atom. The van der Waals surface area contributed by atoms with Crippen molar-refractivity contribution >= 4 is 34.7 Å². The lowest BCUT2D eigenvalue weighted by atomic mass is 10.1. The summed E-state index contributed by atoms with van der Waals surface area (Å²) in [4.78, 5) is 15.5. The van der Waals surface area contributed by atoms with E-state index in [-0.39, 0.29) is 22.8 Å². The number of carbonyl (C=O) groups is 1. The maximum atomic E-state index is 11.2. The fourth-order valence-electron chi connectivity index (χ4n) is 1.75. The van der Waals surface area contributed by atoms with Gasteiger partial charge in [0.1, 0.15) is 5.75 Å². The first-order valence-electron chi connectivity index (χ1n) is 6.57. The van der Waals surface area contributed by atoms with Crippen molar-refractivity contribution in [1.82, 2.24) is 0 Å². The smallest absolute Gasteiger partial charge is 0.159 e. The van der Waals surface area contributed by atoms with Crippen LogP contribution in [-0.4, -0.2) is 18.6 Å². The number of halogens is 1. The zero-order valence-electron chi connectivity index (χ0n) is 12.1. The average Bonchev–Trinajstić information content (AvgIpc) is 2.47. The SMILES string of the molecule is Br.CCOc1ccc(C=Nc2ccc(C(C)=O)cc2)cc1. The molecule has 3 nitrogen and oxygen atoms in total. The van der Waals surface area contributed by atoms with E-state index in [4.69, 9.17) is 4.74 Å². The zero-order chi connectivity index (χ0) is 14.4. The van der Waals surface area contributed by atoms with Crippen LogP contribution in [0.3, 0.4) is 0 Å². The number of aliphatic imine (C=N–C) groups is 1. The Morgan fingerprint density at radius 3 is 2.24 bits per heavy atom. The molecule has 0 aliphatic heterocycles. The largest absolute Gasteiger partial charge is 0.494 e. The maximum Gasteiger partial charge on any atom is 0.159 e. The van der Waals surface area contributed by atoms with Crippen molar-refractivity contribution in [3.8, 4) is 5.75 Å². The minimum absolute atomic E-state index is 0. The van der Waals surface area contributed by atoms with Gasteiger partial charge in [-0.15, -0.1) is 17.0 Å². The van der Waals surface area contributed by atoms with E-state index in [1.165, 1.54) is 0 Å². The molecule has 0 radical (unpaired) electrons. The van der Waals surface area contributed by atoms with Crippen LogP contribution in [0.2, 0.25) is 0 Å². The van der Waals surface area contributed by atoms with Crippen LogP contribution in [0, 0.1) is 0 Å². The zero-order valence-corrected chi connectivity index (χ0v) is 13.8. The van der Waals surface area contributed by atoms with E-state index in [9.17, 15) is 4.79 Å². The van der Waals surface area contributed by atoms with Crippen LogP contribution in [0.5, 0.6) is 5.75 Å². The van der Waals surface area contributed by atoms with Gasteiger partial charge in [0.15, 0.2) is 5.78 Å². The molecule has 110 valence electrons. The molecule has 0 saturated carbocycles. The summed E-state index contributed by atoms with van der Waals surface area (Å²) in [5, 5.41) is 0. The highest BCUT2D eigenvalue weighted by atomic mass is 79.9. The topological polar surface area (TPSA) is 38.7 Å². The fourth-order valence-corrected chi connectivity index (χ4v) is 1.75. The predicted molar refractivity (Wildman–Crippen MR) is 91.6 cm³/mol.